The van der Waals surface area contributed by atoms with Gasteiger partial charge in [-0.2, -0.15) is 0 Å². The van der Waals surface area contributed by atoms with Crippen molar-refractivity contribution in [2.75, 3.05) is 26.2 Å². The smallest absolute Gasteiger partial charge is 0.172 e. The predicted molar refractivity (Wildman–Crippen MR) is 76.0 cm³/mol. The SMILES string of the molecule is CC(C)N1CCN(Cc2cc(F)c(F)c(Br)c2)CC1. The lowest BCUT2D eigenvalue weighted by Crippen LogP contribution is -2.48. The van der Waals surface area contributed by atoms with E-state index < -0.39 is 11.6 Å². The first-order chi connectivity index (χ1) is 8.97. The summed E-state index contributed by atoms with van der Waals surface area (Å²) in [5.74, 6) is -1.60. The topological polar surface area (TPSA) is 6.48 Å². The van der Waals surface area contributed by atoms with Crippen LogP contribution in [0.4, 0.5) is 8.78 Å². The van der Waals surface area contributed by atoms with Crippen molar-refractivity contribution in [1.29, 1.82) is 0 Å². The minimum Gasteiger partial charge on any atom is -0.298 e. The Morgan fingerprint density at radius 2 is 1.79 bits per heavy atom. The van der Waals surface area contributed by atoms with E-state index in [9.17, 15) is 8.78 Å². The van der Waals surface area contributed by atoms with Crippen LogP contribution in [0.3, 0.4) is 0 Å². The number of nitrogens with zero attached hydrogens (tertiary/aromatic N) is 2. The molecule has 0 aromatic heterocycles. The summed E-state index contributed by atoms with van der Waals surface area (Å²) in [6.07, 6.45) is 0. The maximum Gasteiger partial charge on any atom is 0.172 e. The molecule has 1 aliphatic rings. The molecule has 0 spiro atoms. The van der Waals surface area contributed by atoms with Crippen LogP contribution in [0, 0.1) is 11.6 Å². The molecule has 2 rings (SSSR count). The summed E-state index contributed by atoms with van der Waals surface area (Å²) >= 11 is 3.05. The molecule has 0 unspecified atom stereocenters. The molecule has 5 heteroatoms. The lowest BCUT2D eigenvalue weighted by atomic mass is 10.1. The van der Waals surface area contributed by atoms with Gasteiger partial charge in [-0.05, 0) is 47.5 Å². The van der Waals surface area contributed by atoms with Gasteiger partial charge >= 0.3 is 0 Å². The first-order valence-corrected chi connectivity index (χ1v) is 7.36. The molecule has 2 nitrogen and oxygen atoms in total. The second kappa shape index (κ2) is 6.29. The number of hydrogen-bond donors (Lipinski definition) is 0. The normalized spacial score (nSPS) is 18.2. The minimum absolute atomic E-state index is 0.198. The summed E-state index contributed by atoms with van der Waals surface area (Å²) in [4.78, 5) is 4.70. The molecule has 1 fully saturated rings. The Hall–Kier alpha value is -0.520. The molecule has 0 saturated carbocycles. The van der Waals surface area contributed by atoms with Crippen LogP contribution in [0.15, 0.2) is 16.6 Å². The second-order valence-electron chi connectivity index (χ2n) is 5.28. The van der Waals surface area contributed by atoms with Crippen LogP contribution >= 0.6 is 15.9 Å². The molecular formula is C14H19BrF2N2. The van der Waals surface area contributed by atoms with Crippen molar-refractivity contribution in [3.8, 4) is 0 Å². The van der Waals surface area contributed by atoms with Crippen molar-refractivity contribution in [2.24, 2.45) is 0 Å². The Morgan fingerprint density at radius 1 is 1.16 bits per heavy atom. The van der Waals surface area contributed by atoms with Crippen LogP contribution in [-0.2, 0) is 6.54 Å². The third-order valence-electron chi connectivity index (χ3n) is 3.59. The van der Waals surface area contributed by atoms with E-state index in [0.717, 1.165) is 31.7 Å². The molecule has 1 aliphatic heterocycles. The van der Waals surface area contributed by atoms with Gasteiger partial charge in [0.2, 0.25) is 0 Å². The molecule has 0 amide bonds. The molecule has 0 aliphatic carbocycles. The van der Waals surface area contributed by atoms with Gasteiger partial charge in [-0.1, -0.05) is 0 Å². The van der Waals surface area contributed by atoms with Crippen molar-refractivity contribution in [3.63, 3.8) is 0 Å². The van der Waals surface area contributed by atoms with Gasteiger partial charge in [-0.3, -0.25) is 9.80 Å². The highest BCUT2D eigenvalue weighted by atomic mass is 79.9. The molecule has 1 heterocycles. The lowest BCUT2D eigenvalue weighted by molar-refractivity contribution is 0.104. The van der Waals surface area contributed by atoms with E-state index in [4.69, 9.17) is 0 Å². The Kier molecular flexibility index (Phi) is 4.92. The fourth-order valence-corrected chi connectivity index (χ4v) is 2.88. The van der Waals surface area contributed by atoms with Crippen LogP contribution < -0.4 is 0 Å². The van der Waals surface area contributed by atoms with Crippen molar-refractivity contribution in [3.05, 3.63) is 33.8 Å². The summed E-state index contributed by atoms with van der Waals surface area (Å²) in [7, 11) is 0. The number of hydrogen-bond acceptors (Lipinski definition) is 2. The van der Waals surface area contributed by atoms with Crippen molar-refractivity contribution in [2.45, 2.75) is 26.4 Å². The first kappa shape index (κ1) is 14.9. The largest absolute Gasteiger partial charge is 0.298 e. The van der Waals surface area contributed by atoms with E-state index in [0.29, 0.717) is 12.6 Å². The van der Waals surface area contributed by atoms with Crippen LogP contribution in [0.1, 0.15) is 19.4 Å². The van der Waals surface area contributed by atoms with Gasteiger partial charge in [0.1, 0.15) is 0 Å². The maximum absolute atomic E-state index is 13.3. The van der Waals surface area contributed by atoms with Gasteiger partial charge in [-0.15, -0.1) is 0 Å². The van der Waals surface area contributed by atoms with Gasteiger partial charge in [0.15, 0.2) is 11.6 Å². The second-order valence-corrected chi connectivity index (χ2v) is 6.13. The zero-order chi connectivity index (χ0) is 14.0. The lowest BCUT2D eigenvalue weighted by Gasteiger charge is -2.36. The third-order valence-corrected chi connectivity index (χ3v) is 4.16. The van der Waals surface area contributed by atoms with Gasteiger partial charge in [0, 0.05) is 38.8 Å². The molecule has 0 atom stereocenters. The molecule has 0 radical (unpaired) electrons. The number of benzene rings is 1. The maximum atomic E-state index is 13.3. The molecule has 19 heavy (non-hydrogen) atoms. The van der Waals surface area contributed by atoms with Crippen molar-refractivity contribution in [1.82, 2.24) is 9.80 Å². The highest BCUT2D eigenvalue weighted by Crippen LogP contribution is 2.21. The van der Waals surface area contributed by atoms with Crippen molar-refractivity contribution < 1.29 is 8.78 Å². The predicted octanol–water partition coefficient (Wildman–Crippen LogP) is 3.25. The van der Waals surface area contributed by atoms with Crippen LogP contribution in [0.5, 0.6) is 0 Å². The Morgan fingerprint density at radius 3 is 2.32 bits per heavy atom. The zero-order valence-electron chi connectivity index (χ0n) is 11.3. The molecule has 0 bridgehead atoms. The average molecular weight is 333 g/mol. The molecular weight excluding hydrogens is 314 g/mol. The van der Waals surface area contributed by atoms with Crippen LogP contribution in [0.2, 0.25) is 0 Å². The van der Waals surface area contributed by atoms with E-state index in [1.165, 1.54) is 6.07 Å². The average Bonchev–Trinajstić information content (AvgIpc) is 2.36. The minimum atomic E-state index is -0.812. The molecule has 1 aromatic carbocycles. The molecule has 1 aromatic rings. The van der Waals surface area contributed by atoms with Crippen molar-refractivity contribution >= 4 is 15.9 Å². The Labute approximate surface area is 121 Å². The molecule has 1 saturated heterocycles. The van der Waals surface area contributed by atoms with Gasteiger partial charge in [-0.25, -0.2) is 8.78 Å². The third kappa shape index (κ3) is 3.74. The van der Waals surface area contributed by atoms with E-state index in [1.54, 1.807) is 6.07 Å². The summed E-state index contributed by atoms with van der Waals surface area (Å²) in [5.41, 5.74) is 0.809. The van der Waals surface area contributed by atoms with Crippen LogP contribution in [-0.4, -0.2) is 42.0 Å². The number of halogens is 3. The summed E-state index contributed by atoms with van der Waals surface area (Å²) in [6, 6.07) is 3.52. The quantitative estimate of drug-likeness (QED) is 0.784. The zero-order valence-corrected chi connectivity index (χ0v) is 12.9. The van der Waals surface area contributed by atoms with Gasteiger partial charge < -0.3 is 0 Å². The highest BCUT2D eigenvalue weighted by Gasteiger charge is 2.19. The van der Waals surface area contributed by atoms with Gasteiger partial charge in [0.05, 0.1) is 4.47 Å². The fraction of sp³-hybridized carbons (Fsp3) is 0.571. The fourth-order valence-electron chi connectivity index (χ4n) is 2.40. The Bertz CT molecular complexity index is 420. The standard InChI is InChI=1S/C14H19BrF2N2/c1-10(2)19-5-3-18(4-6-19)9-11-7-12(15)14(17)13(16)8-11/h7-8,10H,3-6,9H2,1-2H3. The summed E-state index contributed by atoms with van der Waals surface area (Å²) < 4.78 is 26.7. The number of piperazine rings is 1. The van der Waals surface area contributed by atoms with Crippen LogP contribution in [0.25, 0.3) is 0 Å². The van der Waals surface area contributed by atoms with E-state index in [2.05, 4.69) is 39.6 Å². The molecule has 0 N–H and O–H groups in total. The molecule has 106 valence electrons. The highest BCUT2D eigenvalue weighted by molar-refractivity contribution is 9.10. The Balaban J connectivity index is 1.96. The van der Waals surface area contributed by atoms with E-state index in [-0.39, 0.29) is 4.47 Å². The van der Waals surface area contributed by atoms with Gasteiger partial charge in [0.25, 0.3) is 0 Å². The van der Waals surface area contributed by atoms with E-state index in [1.807, 2.05) is 0 Å². The number of rotatable bonds is 3. The monoisotopic (exact) mass is 332 g/mol. The summed E-state index contributed by atoms with van der Waals surface area (Å²) in [6.45, 7) is 9.06. The van der Waals surface area contributed by atoms with E-state index >= 15 is 0 Å². The first-order valence-electron chi connectivity index (χ1n) is 6.57. The summed E-state index contributed by atoms with van der Waals surface area (Å²) in [5, 5.41) is 0.